The lowest BCUT2D eigenvalue weighted by Gasteiger charge is -2.14. The van der Waals surface area contributed by atoms with Crippen molar-refractivity contribution in [3.8, 4) is 0 Å². The number of ketones is 1. The summed E-state index contributed by atoms with van der Waals surface area (Å²) < 4.78 is 1.64. The molecule has 0 amide bonds. The van der Waals surface area contributed by atoms with E-state index in [9.17, 15) is 4.79 Å². The molecule has 0 fully saturated rings. The van der Waals surface area contributed by atoms with Crippen molar-refractivity contribution in [2.24, 2.45) is 11.7 Å². The van der Waals surface area contributed by atoms with E-state index in [-0.39, 0.29) is 5.78 Å². The lowest BCUT2D eigenvalue weighted by Crippen LogP contribution is -2.33. The molecule has 0 radical (unpaired) electrons. The summed E-state index contributed by atoms with van der Waals surface area (Å²) in [5.41, 5.74) is 6.34. The Morgan fingerprint density at radius 2 is 2.24 bits per heavy atom. The molecule has 1 rings (SSSR count). The molecule has 4 nitrogen and oxygen atoms in total. The summed E-state index contributed by atoms with van der Waals surface area (Å²) in [4.78, 5) is 12.2. The van der Waals surface area contributed by atoms with Gasteiger partial charge in [0, 0.05) is 6.54 Å². The van der Waals surface area contributed by atoms with E-state index >= 15 is 0 Å². The molecule has 0 aromatic carbocycles. The smallest absolute Gasteiger partial charge is 0.199 e. The number of hydrogen-bond donors (Lipinski definition) is 1. The van der Waals surface area contributed by atoms with Gasteiger partial charge in [-0.25, -0.2) is 0 Å². The molecular weight excluding hydrogens is 238 g/mol. The minimum Gasteiger partial charge on any atom is -0.321 e. The molecule has 1 atom stereocenters. The van der Waals surface area contributed by atoms with Crippen molar-refractivity contribution in [2.75, 3.05) is 0 Å². The first-order chi connectivity index (χ1) is 7.97. The van der Waals surface area contributed by atoms with Crippen LogP contribution in [0.5, 0.6) is 0 Å². The fraction of sp³-hybridized carbons (Fsp3) is 0.667. The Balaban J connectivity index is 2.90. The molecule has 0 saturated heterocycles. The summed E-state index contributed by atoms with van der Waals surface area (Å²) in [5.74, 6) is 0.268. The second kappa shape index (κ2) is 6.17. The Morgan fingerprint density at radius 1 is 1.59 bits per heavy atom. The molecule has 0 aliphatic carbocycles. The number of Topliss-reactive ketones (excluding diaryl/α,β-unsaturated/α-hetero) is 1. The van der Waals surface area contributed by atoms with Crippen LogP contribution in [0.4, 0.5) is 0 Å². The third-order valence-electron chi connectivity index (χ3n) is 2.53. The van der Waals surface area contributed by atoms with E-state index in [4.69, 9.17) is 17.3 Å². The van der Waals surface area contributed by atoms with Crippen molar-refractivity contribution < 1.29 is 4.79 Å². The SMILES string of the molecule is CCCn1ncc(Cl)c1C(=O)C(N)CC(C)C. The van der Waals surface area contributed by atoms with Gasteiger partial charge in [-0.15, -0.1) is 0 Å². The molecule has 96 valence electrons. The fourth-order valence-electron chi connectivity index (χ4n) is 1.78. The predicted octanol–water partition coefficient (Wildman–Crippen LogP) is 2.50. The molecule has 1 aromatic rings. The zero-order valence-corrected chi connectivity index (χ0v) is 11.4. The van der Waals surface area contributed by atoms with E-state index in [1.165, 1.54) is 6.20 Å². The second-order valence-corrected chi connectivity index (χ2v) is 5.07. The van der Waals surface area contributed by atoms with Crippen molar-refractivity contribution in [1.29, 1.82) is 0 Å². The third-order valence-corrected chi connectivity index (χ3v) is 2.80. The van der Waals surface area contributed by atoms with Gasteiger partial charge in [0.25, 0.3) is 0 Å². The monoisotopic (exact) mass is 257 g/mol. The van der Waals surface area contributed by atoms with E-state index in [1.54, 1.807) is 4.68 Å². The Hall–Kier alpha value is -0.870. The molecule has 1 unspecified atom stereocenters. The van der Waals surface area contributed by atoms with E-state index < -0.39 is 6.04 Å². The number of carbonyl (C=O) groups excluding carboxylic acids is 1. The highest BCUT2D eigenvalue weighted by atomic mass is 35.5. The Labute approximate surface area is 107 Å². The van der Waals surface area contributed by atoms with Crippen LogP contribution in [0.3, 0.4) is 0 Å². The fourth-order valence-corrected chi connectivity index (χ4v) is 2.01. The highest BCUT2D eigenvalue weighted by Crippen LogP contribution is 2.19. The Kier molecular flexibility index (Phi) is 5.15. The van der Waals surface area contributed by atoms with E-state index in [0.29, 0.717) is 29.6 Å². The second-order valence-electron chi connectivity index (χ2n) is 4.66. The summed E-state index contributed by atoms with van der Waals surface area (Å²) in [6.07, 6.45) is 3.07. The molecule has 1 aromatic heterocycles. The minimum atomic E-state index is -0.500. The Morgan fingerprint density at radius 3 is 2.76 bits per heavy atom. The molecule has 0 aliphatic heterocycles. The number of nitrogens with zero attached hydrogens (tertiary/aromatic N) is 2. The summed E-state index contributed by atoms with van der Waals surface area (Å²) in [7, 11) is 0. The van der Waals surface area contributed by atoms with Crippen LogP contribution in [-0.4, -0.2) is 21.6 Å². The van der Waals surface area contributed by atoms with Crippen LogP contribution in [-0.2, 0) is 6.54 Å². The third kappa shape index (κ3) is 3.54. The summed E-state index contributed by atoms with van der Waals surface area (Å²) in [5, 5.41) is 4.49. The molecular formula is C12H20ClN3O. The van der Waals surface area contributed by atoms with Crippen LogP contribution >= 0.6 is 11.6 Å². The van der Waals surface area contributed by atoms with Crippen molar-refractivity contribution in [2.45, 2.75) is 46.2 Å². The maximum Gasteiger partial charge on any atom is 0.199 e. The number of rotatable bonds is 6. The quantitative estimate of drug-likeness (QED) is 0.797. The number of halogens is 1. The standard InChI is InChI=1S/C12H20ClN3O/c1-4-5-16-11(9(13)7-15-16)12(17)10(14)6-8(2)3/h7-8,10H,4-6,14H2,1-3H3. The number of hydrogen-bond acceptors (Lipinski definition) is 3. The predicted molar refractivity (Wildman–Crippen MR) is 69.3 cm³/mol. The van der Waals surface area contributed by atoms with E-state index in [0.717, 1.165) is 6.42 Å². The van der Waals surface area contributed by atoms with Crippen LogP contribution < -0.4 is 5.73 Å². The van der Waals surface area contributed by atoms with Crippen LogP contribution in [0.25, 0.3) is 0 Å². The van der Waals surface area contributed by atoms with E-state index in [2.05, 4.69) is 5.10 Å². The first-order valence-corrected chi connectivity index (χ1v) is 6.36. The largest absolute Gasteiger partial charge is 0.321 e. The van der Waals surface area contributed by atoms with Gasteiger partial charge < -0.3 is 5.73 Å². The Bertz CT molecular complexity index is 387. The molecule has 0 saturated carbocycles. The first-order valence-electron chi connectivity index (χ1n) is 5.98. The average molecular weight is 258 g/mol. The van der Waals surface area contributed by atoms with Gasteiger partial charge in [0.1, 0.15) is 5.69 Å². The maximum absolute atomic E-state index is 12.2. The molecule has 5 heteroatoms. The van der Waals surface area contributed by atoms with Crippen molar-refractivity contribution in [3.05, 3.63) is 16.9 Å². The van der Waals surface area contributed by atoms with Gasteiger partial charge in [-0.3, -0.25) is 9.48 Å². The molecule has 0 bridgehead atoms. The highest BCUT2D eigenvalue weighted by molar-refractivity contribution is 6.33. The van der Waals surface area contributed by atoms with Gasteiger partial charge in [0.15, 0.2) is 5.78 Å². The number of nitrogens with two attached hydrogens (primary N) is 1. The summed E-state index contributed by atoms with van der Waals surface area (Å²) >= 11 is 6.00. The van der Waals surface area contributed by atoms with Gasteiger partial charge in [-0.1, -0.05) is 32.4 Å². The van der Waals surface area contributed by atoms with Crippen LogP contribution in [0.2, 0.25) is 5.02 Å². The summed E-state index contributed by atoms with van der Waals surface area (Å²) in [6.45, 7) is 6.79. The zero-order valence-electron chi connectivity index (χ0n) is 10.6. The molecule has 17 heavy (non-hydrogen) atoms. The molecule has 1 heterocycles. The topological polar surface area (TPSA) is 60.9 Å². The lowest BCUT2D eigenvalue weighted by atomic mass is 9.99. The molecule has 0 aliphatic rings. The van der Waals surface area contributed by atoms with Gasteiger partial charge in [0.05, 0.1) is 17.3 Å². The van der Waals surface area contributed by atoms with Gasteiger partial charge in [-0.2, -0.15) is 5.10 Å². The molecule has 0 spiro atoms. The summed E-state index contributed by atoms with van der Waals surface area (Å²) in [6, 6.07) is -0.500. The van der Waals surface area contributed by atoms with Crippen molar-refractivity contribution >= 4 is 17.4 Å². The minimum absolute atomic E-state index is 0.116. The van der Waals surface area contributed by atoms with Crippen LogP contribution in [0.15, 0.2) is 6.20 Å². The van der Waals surface area contributed by atoms with Gasteiger partial charge in [0.2, 0.25) is 0 Å². The van der Waals surface area contributed by atoms with Crippen molar-refractivity contribution in [1.82, 2.24) is 9.78 Å². The van der Waals surface area contributed by atoms with Gasteiger partial charge in [-0.05, 0) is 18.8 Å². The normalized spacial score (nSPS) is 13.1. The zero-order chi connectivity index (χ0) is 13.0. The van der Waals surface area contributed by atoms with Crippen LogP contribution in [0, 0.1) is 5.92 Å². The first kappa shape index (κ1) is 14.2. The maximum atomic E-state index is 12.2. The van der Waals surface area contributed by atoms with Crippen molar-refractivity contribution in [3.63, 3.8) is 0 Å². The average Bonchev–Trinajstić information content (AvgIpc) is 2.58. The van der Waals surface area contributed by atoms with E-state index in [1.807, 2.05) is 20.8 Å². The molecule has 2 N–H and O–H groups in total. The number of aromatic nitrogens is 2. The number of aryl methyl sites for hydroxylation is 1. The van der Waals surface area contributed by atoms with Gasteiger partial charge >= 0.3 is 0 Å². The highest BCUT2D eigenvalue weighted by Gasteiger charge is 2.23. The van der Waals surface area contributed by atoms with Crippen LogP contribution in [0.1, 0.15) is 44.1 Å². The number of carbonyl (C=O) groups is 1. The lowest BCUT2D eigenvalue weighted by molar-refractivity contribution is 0.0940.